The van der Waals surface area contributed by atoms with Crippen molar-refractivity contribution in [2.24, 2.45) is 11.1 Å². The van der Waals surface area contributed by atoms with Crippen molar-refractivity contribution in [2.45, 2.75) is 85.1 Å². The van der Waals surface area contributed by atoms with E-state index in [4.69, 9.17) is 5.73 Å². The van der Waals surface area contributed by atoms with Gasteiger partial charge in [-0.3, -0.25) is 4.79 Å². The highest BCUT2D eigenvalue weighted by Crippen LogP contribution is 2.20. The monoisotopic (exact) mass is 241 g/mol. The molecule has 0 aliphatic rings. The van der Waals surface area contributed by atoms with Crippen LogP contribution in [0.4, 0.5) is 0 Å². The van der Waals surface area contributed by atoms with Crippen LogP contribution in [0.2, 0.25) is 0 Å². The molecule has 0 heterocycles. The van der Waals surface area contributed by atoms with Gasteiger partial charge >= 0.3 is 0 Å². The summed E-state index contributed by atoms with van der Waals surface area (Å²) in [7, 11) is 0. The van der Waals surface area contributed by atoms with E-state index in [0.29, 0.717) is 12.2 Å². The van der Waals surface area contributed by atoms with Crippen LogP contribution >= 0.6 is 0 Å². The van der Waals surface area contributed by atoms with Crippen LogP contribution in [0.5, 0.6) is 0 Å². The Bertz CT molecular complexity index is 205. The summed E-state index contributed by atoms with van der Waals surface area (Å²) in [6.07, 6.45) is 8.67. The Morgan fingerprint density at radius 2 is 1.59 bits per heavy atom. The van der Waals surface area contributed by atoms with E-state index in [2.05, 4.69) is 27.7 Å². The number of hydrogen-bond donors (Lipinski definition) is 1. The second kappa shape index (κ2) is 8.68. The minimum Gasteiger partial charge on any atom is -0.327 e. The first-order valence-electron chi connectivity index (χ1n) is 7.15. The number of nitrogens with two attached hydrogens (primary N) is 1. The standard InChI is InChI=1S/C15H31NO/c1-5-6-7-8-9-10-11-13(17)12-14(16)15(2,3)4/h14H,5-12,16H2,1-4H3. The Hall–Kier alpha value is -0.370. The van der Waals surface area contributed by atoms with E-state index in [0.717, 1.165) is 12.8 Å². The van der Waals surface area contributed by atoms with Crippen molar-refractivity contribution < 1.29 is 4.79 Å². The van der Waals surface area contributed by atoms with E-state index in [9.17, 15) is 4.79 Å². The summed E-state index contributed by atoms with van der Waals surface area (Å²) in [5.41, 5.74) is 6.04. The van der Waals surface area contributed by atoms with Gasteiger partial charge in [0.25, 0.3) is 0 Å². The van der Waals surface area contributed by atoms with E-state index in [1.54, 1.807) is 0 Å². The smallest absolute Gasteiger partial charge is 0.134 e. The topological polar surface area (TPSA) is 43.1 Å². The number of rotatable bonds is 9. The molecule has 0 saturated carbocycles. The lowest BCUT2D eigenvalue weighted by atomic mass is 9.84. The maximum absolute atomic E-state index is 11.7. The zero-order valence-corrected chi connectivity index (χ0v) is 12.2. The molecule has 0 aromatic heterocycles. The maximum atomic E-state index is 11.7. The zero-order chi connectivity index (χ0) is 13.3. The Kier molecular flexibility index (Phi) is 8.49. The molecule has 17 heavy (non-hydrogen) atoms. The number of carbonyl (C=O) groups is 1. The van der Waals surface area contributed by atoms with Gasteiger partial charge in [0, 0.05) is 18.9 Å². The second-order valence-electron chi connectivity index (χ2n) is 6.23. The molecule has 0 saturated heterocycles. The van der Waals surface area contributed by atoms with Crippen LogP contribution in [-0.4, -0.2) is 11.8 Å². The molecule has 0 fully saturated rings. The van der Waals surface area contributed by atoms with Crippen LogP contribution in [0, 0.1) is 5.41 Å². The molecule has 2 N–H and O–H groups in total. The Morgan fingerprint density at radius 1 is 1.06 bits per heavy atom. The molecule has 0 aromatic rings. The summed E-state index contributed by atoms with van der Waals surface area (Å²) in [4.78, 5) is 11.7. The number of unbranched alkanes of at least 4 members (excludes halogenated alkanes) is 5. The van der Waals surface area contributed by atoms with Crippen molar-refractivity contribution in [2.75, 3.05) is 0 Å². The van der Waals surface area contributed by atoms with Gasteiger partial charge in [0.2, 0.25) is 0 Å². The normalized spacial score (nSPS) is 13.7. The number of hydrogen-bond acceptors (Lipinski definition) is 2. The van der Waals surface area contributed by atoms with E-state index in [-0.39, 0.29) is 11.5 Å². The van der Waals surface area contributed by atoms with Crippen LogP contribution in [0.1, 0.15) is 79.1 Å². The Labute approximate surface area is 107 Å². The fourth-order valence-corrected chi connectivity index (χ4v) is 1.76. The lowest BCUT2D eigenvalue weighted by Crippen LogP contribution is -2.36. The third-order valence-electron chi connectivity index (χ3n) is 3.37. The molecular formula is C15H31NO. The van der Waals surface area contributed by atoms with Gasteiger partial charge < -0.3 is 5.73 Å². The zero-order valence-electron chi connectivity index (χ0n) is 12.2. The molecule has 0 radical (unpaired) electrons. The number of Topliss-reactive ketones (excluding diaryl/α,β-unsaturated/α-hetero) is 1. The second-order valence-corrected chi connectivity index (χ2v) is 6.23. The highest BCUT2D eigenvalue weighted by atomic mass is 16.1. The lowest BCUT2D eigenvalue weighted by molar-refractivity contribution is -0.120. The summed E-state index contributed by atoms with van der Waals surface area (Å²) in [6, 6.07) is -0.00455. The van der Waals surface area contributed by atoms with Crippen molar-refractivity contribution in [1.29, 1.82) is 0 Å². The molecule has 2 heteroatoms. The van der Waals surface area contributed by atoms with Gasteiger partial charge in [-0.1, -0.05) is 59.8 Å². The number of ketones is 1. The van der Waals surface area contributed by atoms with Crippen LogP contribution in [0.3, 0.4) is 0 Å². The van der Waals surface area contributed by atoms with Gasteiger partial charge in [-0.15, -0.1) is 0 Å². The molecule has 0 bridgehead atoms. The minimum absolute atomic E-state index is 0.00455. The summed E-state index contributed by atoms with van der Waals surface area (Å²) < 4.78 is 0. The SMILES string of the molecule is CCCCCCCCC(=O)CC(N)C(C)(C)C. The summed E-state index contributed by atoms with van der Waals surface area (Å²) in [6.45, 7) is 8.50. The first-order valence-corrected chi connectivity index (χ1v) is 7.15. The minimum atomic E-state index is -0.00455. The fourth-order valence-electron chi connectivity index (χ4n) is 1.76. The van der Waals surface area contributed by atoms with Crippen LogP contribution < -0.4 is 5.73 Å². The first-order chi connectivity index (χ1) is 7.88. The van der Waals surface area contributed by atoms with Crippen LogP contribution in [-0.2, 0) is 4.79 Å². The molecule has 1 atom stereocenters. The Morgan fingerprint density at radius 3 is 2.12 bits per heavy atom. The summed E-state index contributed by atoms with van der Waals surface area (Å²) in [5.74, 6) is 0.336. The highest BCUT2D eigenvalue weighted by molar-refractivity contribution is 5.79. The Balaban J connectivity index is 3.53. The average Bonchev–Trinajstić information content (AvgIpc) is 2.21. The van der Waals surface area contributed by atoms with Crippen LogP contribution in [0.25, 0.3) is 0 Å². The quantitative estimate of drug-likeness (QED) is 0.618. The maximum Gasteiger partial charge on any atom is 0.134 e. The van der Waals surface area contributed by atoms with Crippen molar-refractivity contribution >= 4 is 5.78 Å². The average molecular weight is 241 g/mol. The van der Waals surface area contributed by atoms with Crippen molar-refractivity contribution in [3.8, 4) is 0 Å². The van der Waals surface area contributed by atoms with Gasteiger partial charge in [0.15, 0.2) is 0 Å². The molecular weight excluding hydrogens is 210 g/mol. The van der Waals surface area contributed by atoms with Crippen molar-refractivity contribution in [3.05, 3.63) is 0 Å². The van der Waals surface area contributed by atoms with Crippen molar-refractivity contribution in [3.63, 3.8) is 0 Å². The molecule has 0 rings (SSSR count). The molecule has 1 unspecified atom stereocenters. The molecule has 0 spiro atoms. The van der Waals surface area contributed by atoms with E-state index in [1.807, 2.05) is 0 Å². The predicted molar refractivity (Wildman–Crippen MR) is 75.0 cm³/mol. The third kappa shape index (κ3) is 9.34. The fraction of sp³-hybridized carbons (Fsp3) is 0.933. The van der Waals surface area contributed by atoms with E-state index in [1.165, 1.54) is 32.1 Å². The van der Waals surface area contributed by atoms with Gasteiger partial charge in [0.05, 0.1) is 0 Å². The summed E-state index contributed by atoms with van der Waals surface area (Å²) in [5, 5.41) is 0. The summed E-state index contributed by atoms with van der Waals surface area (Å²) >= 11 is 0. The van der Waals surface area contributed by atoms with E-state index < -0.39 is 0 Å². The number of carbonyl (C=O) groups excluding carboxylic acids is 1. The molecule has 0 aliphatic heterocycles. The lowest BCUT2D eigenvalue weighted by Gasteiger charge is -2.26. The predicted octanol–water partition coefficient (Wildman–Crippen LogP) is 4.07. The van der Waals surface area contributed by atoms with Gasteiger partial charge in [-0.05, 0) is 11.8 Å². The van der Waals surface area contributed by atoms with E-state index >= 15 is 0 Å². The van der Waals surface area contributed by atoms with Gasteiger partial charge in [-0.2, -0.15) is 0 Å². The van der Waals surface area contributed by atoms with Gasteiger partial charge in [-0.25, -0.2) is 0 Å². The molecule has 2 nitrogen and oxygen atoms in total. The molecule has 0 aromatic carbocycles. The third-order valence-corrected chi connectivity index (χ3v) is 3.37. The molecule has 102 valence electrons. The highest BCUT2D eigenvalue weighted by Gasteiger charge is 2.22. The molecule has 0 aliphatic carbocycles. The van der Waals surface area contributed by atoms with Gasteiger partial charge in [0.1, 0.15) is 5.78 Å². The first kappa shape index (κ1) is 16.6. The molecule has 0 amide bonds. The van der Waals surface area contributed by atoms with Crippen LogP contribution in [0.15, 0.2) is 0 Å². The van der Waals surface area contributed by atoms with Crippen molar-refractivity contribution in [1.82, 2.24) is 0 Å². The largest absolute Gasteiger partial charge is 0.327 e.